The topological polar surface area (TPSA) is 134 Å². The van der Waals surface area contributed by atoms with Crippen LogP contribution in [0, 0.1) is 0 Å². The molecule has 0 rings (SSSR count). The van der Waals surface area contributed by atoms with Gasteiger partial charge in [0.25, 0.3) is 0 Å². The number of nitrogens with two attached hydrogens (primary N) is 1. The second-order valence-corrected chi connectivity index (χ2v) is 19.6. The smallest absolute Gasteiger partial charge is 0.462 e. The van der Waals surface area contributed by atoms with Crippen molar-refractivity contribution in [1.29, 1.82) is 0 Å². The first-order valence-electron chi connectivity index (χ1n) is 26.8. The van der Waals surface area contributed by atoms with Crippen molar-refractivity contribution in [1.82, 2.24) is 0 Å². The van der Waals surface area contributed by atoms with Gasteiger partial charge >= 0.3 is 19.8 Å². The lowest BCUT2D eigenvalue weighted by Gasteiger charge is -2.19. The highest BCUT2D eigenvalue weighted by Gasteiger charge is 2.26. The summed E-state index contributed by atoms with van der Waals surface area (Å²) < 4.78 is 33.0. The highest BCUT2D eigenvalue weighted by Crippen LogP contribution is 2.43. The number of allylic oxidation sites excluding steroid dienone is 4. The highest BCUT2D eigenvalue weighted by atomic mass is 31.2. The van der Waals surface area contributed by atoms with Crippen LogP contribution in [-0.4, -0.2) is 49.3 Å². The summed E-state index contributed by atoms with van der Waals surface area (Å²) in [7, 11) is -4.38. The van der Waals surface area contributed by atoms with Gasteiger partial charge in [0.2, 0.25) is 0 Å². The van der Waals surface area contributed by atoms with Crippen molar-refractivity contribution >= 4 is 19.8 Å². The third-order valence-electron chi connectivity index (χ3n) is 11.8. The number of hydrogen-bond acceptors (Lipinski definition) is 8. The van der Waals surface area contributed by atoms with Crippen molar-refractivity contribution in [2.75, 3.05) is 26.4 Å². The summed E-state index contributed by atoms with van der Waals surface area (Å²) in [6.45, 7) is 3.77. The highest BCUT2D eigenvalue weighted by molar-refractivity contribution is 7.47. The van der Waals surface area contributed by atoms with Gasteiger partial charge in [-0.3, -0.25) is 18.6 Å². The van der Waals surface area contributed by atoms with Crippen molar-refractivity contribution < 1.29 is 37.6 Å². The standard InChI is InChI=1S/C53H102NO8P/c1-3-5-7-9-11-13-15-17-19-21-23-25-27-29-31-33-35-37-39-41-43-45-52(55)59-49-51(50-61-63(57,58)60-48-47-54)62-53(56)46-44-42-40-38-36-34-32-30-28-26-24-22-20-18-16-14-12-10-8-6-4-2/h16,18,22,24,51H,3-15,17,19-21,23,25-50,54H2,1-2H3,(H,57,58)/b18-16-,24-22-. The number of esters is 2. The van der Waals surface area contributed by atoms with E-state index in [4.69, 9.17) is 24.3 Å². The quantitative estimate of drug-likeness (QED) is 0.0265. The lowest BCUT2D eigenvalue weighted by Crippen LogP contribution is -2.29. The number of carbonyl (C=O) groups excluding carboxylic acids is 2. The van der Waals surface area contributed by atoms with Crippen LogP contribution in [0.4, 0.5) is 0 Å². The van der Waals surface area contributed by atoms with Crippen LogP contribution in [0.5, 0.6) is 0 Å². The molecule has 0 aromatic heterocycles. The second-order valence-electron chi connectivity index (χ2n) is 18.1. The van der Waals surface area contributed by atoms with Crippen molar-refractivity contribution in [2.24, 2.45) is 5.73 Å². The monoisotopic (exact) mass is 912 g/mol. The Labute approximate surface area is 389 Å². The molecule has 0 amide bonds. The largest absolute Gasteiger partial charge is 0.472 e. The fourth-order valence-corrected chi connectivity index (χ4v) is 8.61. The minimum Gasteiger partial charge on any atom is -0.462 e. The molecular weight excluding hydrogens is 810 g/mol. The van der Waals surface area contributed by atoms with E-state index in [0.29, 0.717) is 6.42 Å². The summed E-state index contributed by atoms with van der Waals surface area (Å²) in [5.41, 5.74) is 5.37. The molecule has 0 saturated heterocycles. The zero-order valence-corrected chi connectivity index (χ0v) is 42.2. The van der Waals surface area contributed by atoms with Gasteiger partial charge in [-0.15, -0.1) is 0 Å². The van der Waals surface area contributed by atoms with E-state index < -0.39 is 26.5 Å². The molecule has 0 aliphatic rings. The van der Waals surface area contributed by atoms with Crippen molar-refractivity contribution in [3.8, 4) is 0 Å². The Morgan fingerprint density at radius 3 is 1.21 bits per heavy atom. The lowest BCUT2D eigenvalue weighted by molar-refractivity contribution is -0.161. The van der Waals surface area contributed by atoms with Crippen LogP contribution in [0.1, 0.15) is 271 Å². The van der Waals surface area contributed by atoms with Crippen molar-refractivity contribution in [3.05, 3.63) is 24.3 Å². The maximum absolute atomic E-state index is 12.7. The molecule has 3 N–H and O–H groups in total. The van der Waals surface area contributed by atoms with Crippen LogP contribution >= 0.6 is 7.82 Å². The fraction of sp³-hybridized carbons (Fsp3) is 0.887. The van der Waals surface area contributed by atoms with Crippen LogP contribution in [0.3, 0.4) is 0 Å². The number of rotatable bonds is 51. The van der Waals surface area contributed by atoms with E-state index >= 15 is 0 Å². The zero-order valence-electron chi connectivity index (χ0n) is 41.3. The Kier molecular flexibility index (Phi) is 48.7. The first-order chi connectivity index (χ1) is 30.8. The van der Waals surface area contributed by atoms with Crippen molar-refractivity contribution in [3.63, 3.8) is 0 Å². The van der Waals surface area contributed by atoms with E-state index in [1.807, 2.05) is 0 Å². The van der Waals surface area contributed by atoms with Crippen LogP contribution in [-0.2, 0) is 32.7 Å². The first kappa shape index (κ1) is 61.5. The third-order valence-corrected chi connectivity index (χ3v) is 12.8. The molecule has 0 radical (unpaired) electrons. The predicted molar refractivity (Wildman–Crippen MR) is 266 cm³/mol. The fourth-order valence-electron chi connectivity index (χ4n) is 7.84. The van der Waals surface area contributed by atoms with Gasteiger partial charge in [0, 0.05) is 19.4 Å². The van der Waals surface area contributed by atoms with Gasteiger partial charge < -0.3 is 20.1 Å². The molecule has 0 aliphatic carbocycles. The normalized spacial score (nSPS) is 13.3. The summed E-state index contributed by atoms with van der Waals surface area (Å²) >= 11 is 0. The number of hydrogen-bond donors (Lipinski definition) is 2. The number of phosphoric ester groups is 1. The summed E-state index contributed by atoms with van der Waals surface area (Å²) in [6, 6.07) is 0. The van der Waals surface area contributed by atoms with Gasteiger partial charge in [0.1, 0.15) is 6.61 Å². The first-order valence-corrected chi connectivity index (χ1v) is 28.3. The number of phosphoric acid groups is 1. The average Bonchev–Trinajstić information content (AvgIpc) is 3.27. The van der Waals surface area contributed by atoms with Crippen LogP contribution < -0.4 is 5.73 Å². The molecule has 0 spiro atoms. The Balaban J connectivity index is 4.00. The molecule has 0 aromatic carbocycles. The Bertz CT molecular complexity index is 1090. The molecule has 0 saturated carbocycles. The molecule has 0 aromatic rings. The Morgan fingerprint density at radius 1 is 0.476 bits per heavy atom. The van der Waals surface area contributed by atoms with Crippen LogP contribution in [0.15, 0.2) is 24.3 Å². The van der Waals surface area contributed by atoms with Gasteiger partial charge in [0.05, 0.1) is 13.2 Å². The predicted octanol–water partition coefficient (Wildman–Crippen LogP) is 16.3. The minimum absolute atomic E-state index is 0.0547. The molecule has 0 bridgehead atoms. The lowest BCUT2D eigenvalue weighted by atomic mass is 10.0. The summed E-state index contributed by atoms with van der Waals surface area (Å²) in [4.78, 5) is 35.1. The number of carbonyl (C=O) groups is 2. The zero-order chi connectivity index (χ0) is 46.0. The maximum atomic E-state index is 12.7. The van der Waals surface area contributed by atoms with E-state index in [0.717, 1.165) is 51.4 Å². The van der Waals surface area contributed by atoms with E-state index in [1.54, 1.807) is 0 Å². The maximum Gasteiger partial charge on any atom is 0.472 e. The van der Waals surface area contributed by atoms with Gasteiger partial charge in [-0.25, -0.2) is 4.57 Å². The Hall–Kier alpha value is -1.51. The molecular formula is C53H102NO8P. The third kappa shape index (κ3) is 49.8. The molecule has 0 aliphatic heterocycles. The average molecular weight is 912 g/mol. The number of ether oxygens (including phenoxy) is 2. The second kappa shape index (κ2) is 49.9. The Morgan fingerprint density at radius 2 is 0.825 bits per heavy atom. The molecule has 372 valence electrons. The molecule has 10 heteroatoms. The SMILES string of the molecule is CCCCCCC/C=C\C/C=C\CCCCCCCCCCCC(=O)OC(COC(=O)CCCCCCCCCCCCCCCCCCCCCCC)COP(=O)(O)OCCN. The van der Waals surface area contributed by atoms with Gasteiger partial charge in [-0.05, 0) is 44.9 Å². The summed E-state index contributed by atoms with van der Waals surface area (Å²) in [5.74, 6) is -0.818. The molecule has 2 atom stereocenters. The van der Waals surface area contributed by atoms with E-state index in [2.05, 4.69) is 38.2 Å². The molecule has 2 unspecified atom stereocenters. The van der Waals surface area contributed by atoms with E-state index in [9.17, 15) is 19.0 Å². The van der Waals surface area contributed by atoms with Gasteiger partial charge in [-0.1, -0.05) is 237 Å². The summed E-state index contributed by atoms with van der Waals surface area (Å²) in [6.07, 6.45) is 56.5. The van der Waals surface area contributed by atoms with Crippen LogP contribution in [0.25, 0.3) is 0 Å². The van der Waals surface area contributed by atoms with E-state index in [-0.39, 0.29) is 38.6 Å². The molecule has 9 nitrogen and oxygen atoms in total. The van der Waals surface area contributed by atoms with Crippen LogP contribution in [0.2, 0.25) is 0 Å². The van der Waals surface area contributed by atoms with E-state index in [1.165, 1.54) is 186 Å². The van der Waals surface area contributed by atoms with Crippen molar-refractivity contribution in [2.45, 2.75) is 277 Å². The minimum atomic E-state index is -4.38. The molecule has 0 heterocycles. The molecule has 63 heavy (non-hydrogen) atoms. The number of unbranched alkanes of at least 4 members (excludes halogenated alkanes) is 34. The summed E-state index contributed by atoms with van der Waals surface area (Å²) in [5, 5.41) is 0. The molecule has 0 fully saturated rings. The van der Waals surface area contributed by atoms with Gasteiger partial charge in [0.15, 0.2) is 6.10 Å². The van der Waals surface area contributed by atoms with Gasteiger partial charge in [-0.2, -0.15) is 0 Å².